The van der Waals surface area contributed by atoms with Crippen LogP contribution in [0.1, 0.15) is 40.0 Å². The maximum Gasteiger partial charge on any atom is 0.508 e. The minimum Gasteiger partial charge on any atom is -0.462 e. The van der Waals surface area contributed by atoms with Gasteiger partial charge in [0.1, 0.15) is 12.2 Å². The van der Waals surface area contributed by atoms with Crippen molar-refractivity contribution in [2.75, 3.05) is 21.2 Å². The second kappa shape index (κ2) is 14.3. The Morgan fingerprint density at radius 3 is 1.62 bits per heavy atom. The average molecular weight is 348 g/mol. The van der Waals surface area contributed by atoms with Gasteiger partial charge in [0.15, 0.2) is 0 Å². The zero-order valence-corrected chi connectivity index (χ0v) is 15.1. The molecule has 0 radical (unpaired) electrons. The van der Waals surface area contributed by atoms with Gasteiger partial charge in [-0.2, -0.15) is 0 Å². The van der Waals surface area contributed by atoms with E-state index < -0.39 is 12.3 Å². The van der Waals surface area contributed by atoms with Crippen LogP contribution in [0.15, 0.2) is 0 Å². The fourth-order valence-corrected chi connectivity index (χ4v) is 1.33. The number of ether oxygens (including phenoxy) is 3. The quantitative estimate of drug-likeness (QED) is 0.652. The van der Waals surface area contributed by atoms with E-state index in [1.165, 1.54) is 14.2 Å². The Hall–Kier alpha value is -2.32. The summed E-state index contributed by atoms with van der Waals surface area (Å²) < 4.78 is 13.8. The predicted molar refractivity (Wildman–Crippen MR) is 86.2 cm³/mol. The van der Waals surface area contributed by atoms with E-state index in [9.17, 15) is 19.2 Å². The highest BCUT2D eigenvalue weighted by atomic mass is 16.7. The molecule has 2 amide bonds. The van der Waals surface area contributed by atoms with Crippen molar-refractivity contribution >= 4 is 23.9 Å². The lowest BCUT2D eigenvalue weighted by Gasteiger charge is -2.10. The van der Waals surface area contributed by atoms with Gasteiger partial charge in [-0.25, -0.2) is 4.79 Å². The third-order valence-electron chi connectivity index (χ3n) is 2.59. The van der Waals surface area contributed by atoms with Crippen LogP contribution in [0, 0.1) is 0 Å². The van der Waals surface area contributed by atoms with E-state index in [1.54, 1.807) is 27.8 Å². The first-order valence-corrected chi connectivity index (χ1v) is 7.55. The minimum absolute atomic E-state index is 0.119. The van der Waals surface area contributed by atoms with E-state index in [2.05, 4.69) is 20.1 Å². The van der Waals surface area contributed by atoms with Crippen LogP contribution in [0.25, 0.3) is 0 Å². The van der Waals surface area contributed by atoms with Crippen LogP contribution in [0.4, 0.5) is 4.79 Å². The molecular formula is C15H28N2O7. The molecule has 0 aromatic rings. The van der Waals surface area contributed by atoms with Gasteiger partial charge in [0.25, 0.3) is 0 Å². The van der Waals surface area contributed by atoms with Crippen molar-refractivity contribution < 1.29 is 33.4 Å². The molecule has 0 aromatic carbocycles. The summed E-state index contributed by atoms with van der Waals surface area (Å²) in [5.41, 5.74) is 0. The summed E-state index contributed by atoms with van der Waals surface area (Å²) in [6.45, 7) is 5.03. The summed E-state index contributed by atoms with van der Waals surface area (Å²) in [7, 11) is 4.29. The largest absolute Gasteiger partial charge is 0.508 e. The molecule has 140 valence electrons. The van der Waals surface area contributed by atoms with Gasteiger partial charge in [-0.15, -0.1) is 0 Å². The Kier molecular flexibility index (Phi) is 14.2. The summed E-state index contributed by atoms with van der Waals surface area (Å²) in [5.74, 6) is -0.566. The van der Waals surface area contributed by atoms with E-state index in [-0.39, 0.29) is 36.7 Å². The summed E-state index contributed by atoms with van der Waals surface area (Å²) in [5, 5.41) is 4.87. The molecule has 0 saturated heterocycles. The molecule has 0 bridgehead atoms. The Labute approximate surface area is 142 Å². The number of hydrogen-bond acceptors (Lipinski definition) is 7. The maximum atomic E-state index is 10.8. The Morgan fingerprint density at radius 1 is 0.875 bits per heavy atom. The van der Waals surface area contributed by atoms with Crippen molar-refractivity contribution in [2.45, 2.75) is 52.2 Å². The Balaban J connectivity index is 0. The van der Waals surface area contributed by atoms with Crippen LogP contribution in [0.3, 0.4) is 0 Å². The lowest BCUT2D eigenvalue weighted by atomic mass is 10.3. The number of nitrogens with one attached hydrogen (secondary N) is 2. The van der Waals surface area contributed by atoms with Crippen LogP contribution in [-0.4, -0.2) is 57.4 Å². The molecule has 0 spiro atoms. The molecule has 24 heavy (non-hydrogen) atoms. The van der Waals surface area contributed by atoms with Gasteiger partial charge in [0, 0.05) is 20.5 Å². The molecule has 9 nitrogen and oxygen atoms in total. The number of carbonyl (C=O) groups excluding carboxylic acids is 4. The molecule has 0 aliphatic heterocycles. The molecule has 0 rings (SSSR count). The second-order valence-corrected chi connectivity index (χ2v) is 4.79. The smallest absolute Gasteiger partial charge is 0.462 e. The van der Waals surface area contributed by atoms with Crippen LogP contribution in [0.2, 0.25) is 0 Å². The van der Waals surface area contributed by atoms with E-state index in [1.807, 2.05) is 0 Å². The topological polar surface area (TPSA) is 120 Å². The Bertz CT molecular complexity index is 339. The normalized spacial score (nSPS) is 11.8. The average Bonchev–Trinajstić information content (AvgIpc) is 2.54. The van der Waals surface area contributed by atoms with Crippen molar-refractivity contribution in [3.8, 4) is 0 Å². The first kappa shape index (κ1) is 23.9. The number of rotatable bonds is 7. The minimum atomic E-state index is -0.772. The highest BCUT2D eigenvalue weighted by Gasteiger charge is 2.12. The van der Waals surface area contributed by atoms with Gasteiger partial charge in [-0.3, -0.25) is 14.4 Å². The number of amides is 2. The van der Waals surface area contributed by atoms with E-state index in [0.717, 1.165) is 0 Å². The fraction of sp³-hybridized carbons (Fsp3) is 0.733. The van der Waals surface area contributed by atoms with Gasteiger partial charge < -0.3 is 24.8 Å². The molecule has 2 unspecified atom stereocenters. The van der Waals surface area contributed by atoms with Crippen LogP contribution in [-0.2, 0) is 28.6 Å². The fourth-order valence-electron chi connectivity index (χ4n) is 1.33. The lowest BCUT2D eigenvalue weighted by molar-refractivity contribution is -0.149. The number of carbonyl (C=O) groups is 4. The molecule has 2 N–H and O–H groups in total. The zero-order valence-electron chi connectivity index (χ0n) is 15.1. The van der Waals surface area contributed by atoms with Crippen LogP contribution >= 0.6 is 0 Å². The molecule has 0 aliphatic carbocycles. The molecular weight excluding hydrogens is 320 g/mol. The number of hydrogen-bond donors (Lipinski definition) is 2. The molecule has 0 fully saturated rings. The highest BCUT2D eigenvalue weighted by molar-refractivity contribution is 5.77. The zero-order chi connectivity index (χ0) is 19.1. The highest BCUT2D eigenvalue weighted by Crippen LogP contribution is 1.99. The predicted octanol–water partition coefficient (Wildman–Crippen LogP) is 0.758. The van der Waals surface area contributed by atoms with Gasteiger partial charge in [0.2, 0.25) is 11.8 Å². The monoisotopic (exact) mass is 348 g/mol. The van der Waals surface area contributed by atoms with E-state index >= 15 is 0 Å². The van der Waals surface area contributed by atoms with Crippen molar-refractivity contribution in [2.24, 2.45) is 0 Å². The van der Waals surface area contributed by atoms with Crippen molar-refractivity contribution in [3.63, 3.8) is 0 Å². The van der Waals surface area contributed by atoms with Gasteiger partial charge in [-0.05, 0) is 13.8 Å². The molecule has 0 aromatic heterocycles. The van der Waals surface area contributed by atoms with Crippen molar-refractivity contribution in [1.29, 1.82) is 0 Å². The first-order chi connectivity index (χ1) is 11.2. The number of esters is 1. The summed E-state index contributed by atoms with van der Waals surface area (Å²) in [4.78, 5) is 42.8. The standard InChI is InChI=1S/C8H15NO3.C7H13NO4/c1-4-8(11)12-6(2)5-7(10)9-3;1-5(4-6(9)8-2)12-7(10)11-3/h6H,4-5H2,1-3H3,(H,9,10);5H,4H2,1-3H3,(H,8,9). The van der Waals surface area contributed by atoms with Gasteiger partial charge in [-0.1, -0.05) is 6.92 Å². The Morgan fingerprint density at radius 2 is 1.29 bits per heavy atom. The maximum absolute atomic E-state index is 10.8. The SMILES string of the molecule is CCC(=O)OC(C)CC(=O)NC.CNC(=O)CC(C)OC(=O)OC. The van der Waals surface area contributed by atoms with Crippen molar-refractivity contribution in [3.05, 3.63) is 0 Å². The summed E-state index contributed by atoms with van der Waals surface area (Å²) in [6.07, 6.45) is -0.854. The molecule has 0 heterocycles. The summed E-state index contributed by atoms with van der Waals surface area (Å²) in [6, 6.07) is 0. The van der Waals surface area contributed by atoms with E-state index in [4.69, 9.17) is 4.74 Å². The van der Waals surface area contributed by atoms with Crippen molar-refractivity contribution in [1.82, 2.24) is 10.6 Å². The second-order valence-electron chi connectivity index (χ2n) is 4.79. The first-order valence-electron chi connectivity index (χ1n) is 7.55. The van der Waals surface area contributed by atoms with E-state index in [0.29, 0.717) is 6.42 Å². The molecule has 0 saturated carbocycles. The third kappa shape index (κ3) is 14.6. The van der Waals surface area contributed by atoms with Crippen LogP contribution in [0.5, 0.6) is 0 Å². The summed E-state index contributed by atoms with van der Waals surface area (Å²) >= 11 is 0. The molecule has 9 heteroatoms. The molecule has 0 aliphatic rings. The van der Waals surface area contributed by atoms with Gasteiger partial charge >= 0.3 is 12.1 Å². The van der Waals surface area contributed by atoms with Crippen LogP contribution < -0.4 is 10.6 Å². The third-order valence-corrected chi connectivity index (χ3v) is 2.59. The number of methoxy groups -OCH3 is 1. The molecule has 2 atom stereocenters. The lowest BCUT2D eigenvalue weighted by Crippen LogP contribution is -2.25. The van der Waals surface area contributed by atoms with Gasteiger partial charge in [0.05, 0.1) is 20.0 Å².